The van der Waals surface area contributed by atoms with Crippen LogP contribution in [0, 0.1) is 0 Å². The average molecular weight is 329 g/mol. The number of hydrogen-bond acceptors (Lipinski definition) is 4. The van der Waals surface area contributed by atoms with Crippen LogP contribution in [0.2, 0.25) is 0 Å². The molecule has 0 atom stereocenters. The van der Waals surface area contributed by atoms with E-state index >= 15 is 0 Å². The molecule has 3 rings (SSSR count). The molecule has 120 valence electrons. The maximum Gasteiger partial charge on any atom is 0.267 e. The number of amides is 1. The molecule has 0 radical (unpaired) electrons. The van der Waals surface area contributed by atoms with Gasteiger partial charge in [-0.15, -0.1) is 0 Å². The molecular weight excluding hydrogens is 310 g/mol. The predicted molar refractivity (Wildman–Crippen MR) is 90.9 cm³/mol. The molecule has 0 unspecified atom stereocenters. The fourth-order valence-corrected chi connectivity index (χ4v) is 3.48. The standard InChI is InChI=1S/C17H19N3O2S/c21-15(14-12-19-17-20(16(14)22)10-11-23-17)18-9-5-4-8-13-6-2-1-3-7-13/h1-3,6-7,12H,4-5,8-11H2,(H,18,21). The highest BCUT2D eigenvalue weighted by Crippen LogP contribution is 2.20. The van der Waals surface area contributed by atoms with Gasteiger partial charge in [0.2, 0.25) is 0 Å². The minimum atomic E-state index is -0.325. The van der Waals surface area contributed by atoms with E-state index in [1.54, 1.807) is 16.3 Å². The van der Waals surface area contributed by atoms with Crippen LogP contribution in [0.1, 0.15) is 28.8 Å². The number of benzene rings is 1. The van der Waals surface area contributed by atoms with Gasteiger partial charge in [0.05, 0.1) is 0 Å². The molecule has 0 bridgehead atoms. The third-order valence-electron chi connectivity index (χ3n) is 3.82. The number of nitrogens with one attached hydrogen (secondary N) is 1. The molecule has 2 aromatic rings. The quantitative estimate of drug-likeness (QED) is 0.651. The number of rotatable bonds is 6. The molecule has 1 amide bonds. The van der Waals surface area contributed by atoms with Gasteiger partial charge in [-0.1, -0.05) is 42.1 Å². The van der Waals surface area contributed by atoms with E-state index in [-0.39, 0.29) is 17.0 Å². The topological polar surface area (TPSA) is 64.0 Å². The molecule has 0 spiro atoms. The number of aryl methyl sites for hydroxylation is 1. The fourth-order valence-electron chi connectivity index (χ4n) is 2.57. The molecule has 1 N–H and O–H groups in total. The zero-order chi connectivity index (χ0) is 16.1. The molecule has 0 saturated heterocycles. The molecule has 23 heavy (non-hydrogen) atoms. The molecule has 2 heterocycles. The van der Waals surface area contributed by atoms with Crippen molar-refractivity contribution in [2.45, 2.75) is 31.0 Å². The van der Waals surface area contributed by atoms with E-state index in [0.717, 1.165) is 25.0 Å². The van der Waals surface area contributed by atoms with Gasteiger partial charge in [0.15, 0.2) is 5.16 Å². The van der Waals surface area contributed by atoms with Gasteiger partial charge in [0.1, 0.15) is 5.56 Å². The second kappa shape index (κ2) is 7.46. The van der Waals surface area contributed by atoms with Crippen LogP contribution in [-0.2, 0) is 13.0 Å². The summed E-state index contributed by atoms with van der Waals surface area (Å²) in [7, 11) is 0. The second-order valence-electron chi connectivity index (χ2n) is 5.46. The lowest BCUT2D eigenvalue weighted by Crippen LogP contribution is -2.33. The Morgan fingerprint density at radius 3 is 2.91 bits per heavy atom. The van der Waals surface area contributed by atoms with Gasteiger partial charge < -0.3 is 5.32 Å². The lowest BCUT2D eigenvalue weighted by Gasteiger charge is -2.07. The van der Waals surface area contributed by atoms with E-state index in [9.17, 15) is 9.59 Å². The third-order valence-corrected chi connectivity index (χ3v) is 4.79. The van der Waals surface area contributed by atoms with E-state index in [1.807, 2.05) is 18.2 Å². The molecule has 0 saturated carbocycles. The Morgan fingerprint density at radius 1 is 1.26 bits per heavy atom. The van der Waals surface area contributed by atoms with Crippen LogP contribution in [0.3, 0.4) is 0 Å². The van der Waals surface area contributed by atoms with E-state index < -0.39 is 0 Å². The van der Waals surface area contributed by atoms with E-state index in [1.165, 1.54) is 11.8 Å². The first-order valence-electron chi connectivity index (χ1n) is 7.80. The molecule has 1 aliphatic rings. The SMILES string of the molecule is O=C(NCCCCc1ccccc1)c1cnc2n(c1=O)CCS2. The molecular formula is C17H19N3O2S. The fraction of sp³-hybridized carbons (Fsp3) is 0.353. The number of hydrogen-bond donors (Lipinski definition) is 1. The van der Waals surface area contributed by atoms with Crippen LogP contribution < -0.4 is 10.9 Å². The Morgan fingerprint density at radius 2 is 2.09 bits per heavy atom. The summed E-state index contributed by atoms with van der Waals surface area (Å²) in [6.45, 7) is 1.20. The monoisotopic (exact) mass is 329 g/mol. The van der Waals surface area contributed by atoms with Crippen LogP contribution in [-0.4, -0.2) is 27.8 Å². The van der Waals surface area contributed by atoms with Gasteiger partial charge >= 0.3 is 0 Å². The summed E-state index contributed by atoms with van der Waals surface area (Å²) in [5, 5.41) is 3.52. The Bertz CT molecular complexity index is 743. The van der Waals surface area contributed by atoms with Crippen LogP contribution in [0.5, 0.6) is 0 Å². The highest BCUT2D eigenvalue weighted by Gasteiger charge is 2.19. The van der Waals surface area contributed by atoms with Crippen molar-refractivity contribution in [3.8, 4) is 0 Å². The highest BCUT2D eigenvalue weighted by atomic mass is 32.2. The summed E-state index contributed by atoms with van der Waals surface area (Å²) in [6.07, 6.45) is 4.28. The summed E-state index contributed by atoms with van der Waals surface area (Å²) >= 11 is 1.54. The molecule has 1 aromatic heterocycles. The van der Waals surface area contributed by atoms with Crippen LogP contribution in [0.4, 0.5) is 0 Å². The summed E-state index contributed by atoms with van der Waals surface area (Å²) in [6, 6.07) is 10.3. The number of nitrogens with zero attached hydrogens (tertiary/aromatic N) is 2. The summed E-state index contributed by atoms with van der Waals surface area (Å²) in [5.41, 5.74) is 1.21. The lowest BCUT2D eigenvalue weighted by atomic mass is 10.1. The number of thioether (sulfide) groups is 1. The van der Waals surface area contributed by atoms with Gasteiger partial charge in [-0.05, 0) is 24.8 Å². The van der Waals surface area contributed by atoms with Gasteiger partial charge in [-0.25, -0.2) is 4.98 Å². The zero-order valence-electron chi connectivity index (χ0n) is 12.8. The van der Waals surface area contributed by atoms with E-state index in [0.29, 0.717) is 18.2 Å². The molecule has 5 nitrogen and oxygen atoms in total. The molecule has 0 aliphatic carbocycles. The van der Waals surface area contributed by atoms with Crippen molar-refractivity contribution in [2.24, 2.45) is 0 Å². The van der Waals surface area contributed by atoms with Crippen LogP contribution in [0.15, 0.2) is 46.5 Å². The molecule has 1 aromatic carbocycles. The number of carbonyl (C=O) groups is 1. The van der Waals surface area contributed by atoms with Gasteiger partial charge in [0.25, 0.3) is 11.5 Å². The van der Waals surface area contributed by atoms with Crippen molar-refractivity contribution in [3.05, 3.63) is 58.0 Å². The summed E-state index contributed by atoms with van der Waals surface area (Å²) in [4.78, 5) is 28.5. The zero-order valence-corrected chi connectivity index (χ0v) is 13.6. The number of carbonyl (C=O) groups excluding carboxylic acids is 1. The minimum Gasteiger partial charge on any atom is -0.352 e. The van der Waals surface area contributed by atoms with Crippen LogP contribution >= 0.6 is 11.8 Å². The number of aromatic nitrogens is 2. The predicted octanol–water partition coefficient (Wildman–Crippen LogP) is 2.10. The number of fused-ring (bicyclic) bond motifs is 1. The van der Waals surface area contributed by atoms with Crippen molar-refractivity contribution < 1.29 is 4.79 Å². The molecule has 0 fully saturated rings. The smallest absolute Gasteiger partial charge is 0.267 e. The lowest BCUT2D eigenvalue weighted by molar-refractivity contribution is 0.0950. The van der Waals surface area contributed by atoms with Gasteiger partial charge in [0, 0.05) is 25.0 Å². The first-order chi connectivity index (χ1) is 11.3. The summed E-state index contributed by atoms with van der Waals surface area (Å²) in [5.74, 6) is 0.515. The molecule has 6 heteroatoms. The Balaban J connectivity index is 1.48. The largest absolute Gasteiger partial charge is 0.352 e. The Kier molecular flexibility index (Phi) is 5.12. The highest BCUT2D eigenvalue weighted by molar-refractivity contribution is 7.99. The Labute approximate surface area is 139 Å². The average Bonchev–Trinajstić information content (AvgIpc) is 3.05. The van der Waals surface area contributed by atoms with Crippen molar-refractivity contribution in [2.75, 3.05) is 12.3 Å². The molecule has 1 aliphatic heterocycles. The third kappa shape index (κ3) is 3.82. The first kappa shape index (κ1) is 15.8. The van der Waals surface area contributed by atoms with Gasteiger partial charge in [-0.2, -0.15) is 0 Å². The maximum absolute atomic E-state index is 12.2. The van der Waals surface area contributed by atoms with E-state index in [2.05, 4.69) is 22.4 Å². The minimum absolute atomic E-state index is 0.138. The van der Waals surface area contributed by atoms with Crippen molar-refractivity contribution in [3.63, 3.8) is 0 Å². The summed E-state index contributed by atoms with van der Waals surface area (Å²) < 4.78 is 1.58. The first-order valence-corrected chi connectivity index (χ1v) is 8.79. The van der Waals surface area contributed by atoms with Crippen LogP contribution in [0.25, 0.3) is 0 Å². The Hall–Kier alpha value is -2.08. The van der Waals surface area contributed by atoms with Crippen molar-refractivity contribution >= 4 is 17.7 Å². The van der Waals surface area contributed by atoms with Gasteiger partial charge in [-0.3, -0.25) is 14.2 Å². The second-order valence-corrected chi connectivity index (χ2v) is 6.52. The van der Waals surface area contributed by atoms with E-state index in [4.69, 9.17) is 0 Å². The number of unbranched alkanes of at least 4 members (excludes halogenated alkanes) is 1. The van der Waals surface area contributed by atoms with Crippen molar-refractivity contribution in [1.29, 1.82) is 0 Å². The normalized spacial score (nSPS) is 12.9. The maximum atomic E-state index is 12.2. The van der Waals surface area contributed by atoms with Crippen molar-refractivity contribution in [1.82, 2.24) is 14.9 Å².